The molecule has 0 amide bonds. The number of rotatable bonds is 8. The fraction of sp³-hybridized carbons (Fsp3) is 0.318. The van der Waals surface area contributed by atoms with E-state index in [1.54, 1.807) is 25.1 Å². The molecule has 2 atom stereocenters. The molecule has 0 heterocycles. The monoisotopic (exact) mass is 420 g/mol. The highest BCUT2D eigenvalue weighted by Crippen LogP contribution is 2.49. The molecule has 0 spiro atoms. The van der Waals surface area contributed by atoms with Crippen molar-refractivity contribution >= 4 is 19.4 Å². The van der Waals surface area contributed by atoms with Crippen molar-refractivity contribution in [2.45, 2.75) is 33.3 Å². The average Bonchev–Trinajstić information content (AvgIpc) is 2.62. The van der Waals surface area contributed by atoms with Gasteiger partial charge < -0.3 is 14.7 Å². The Labute approximate surface area is 170 Å². The highest BCUT2D eigenvalue weighted by Gasteiger charge is 2.24. The molecule has 0 aliphatic carbocycles. The number of aliphatic hydroxyl groups is 1. The summed E-state index contributed by atoms with van der Waals surface area (Å²) in [5.74, 6) is -0.0608. The number of carboxylic acids is 1. The quantitative estimate of drug-likeness (QED) is 0.577. The zero-order chi connectivity index (χ0) is 21.8. The van der Waals surface area contributed by atoms with E-state index in [0.717, 1.165) is 27.8 Å². The Morgan fingerprint density at radius 2 is 1.90 bits per heavy atom. The molecule has 29 heavy (non-hydrogen) atoms. The summed E-state index contributed by atoms with van der Waals surface area (Å²) in [6.07, 6.45) is -0.408. The lowest BCUT2D eigenvalue weighted by Crippen LogP contribution is -2.17. The van der Waals surface area contributed by atoms with Crippen LogP contribution in [0.3, 0.4) is 0 Å². The highest BCUT2D eigenvalue weighted by molar-refractivity contribution is 7.62. The van der Waals surface area contributed by atoms with Crippen LogP contribution in [0.1, 0.15) is 28.7 Å². The maximum atomic E-state index is 13.7. The lowest BCUT2D eigenvalue weighted by molar-refractivity contribution is -0.138. The molecule has 0 saturated carbocycles. The van der Waals surface area contributed by atoms with Crippen molar-refractivity contribution < 1.29 is 28.5 Å². The second-order valence-electron chi connectivity index (χ2n) is 7.17. The lowest BCUT2D eigenvalue weighted by Gasteiger charge is -2.17. The molecule has 156 valence electrons. The van der Waals surface area contributed by atoms with Crippen molar-refractivity contribution in [3.8, 4) is 11.1 Å². The summed E-state index contributed by atoms with van der Waals surface area (Å²) in [6.45, 7) is 5.58. The Bertz CT molecular complexity index is 983. The van der Waals surface area contributed by atoms with E-state index in [2.05, 4.69) is 0 Å². The van der Waals surface area contributed by atoms with E-state index in [9.17, 15) is 18.9 Å². The number of hydrogen-bond acceptors (Lipinski definition) is 4. The van der Waals surface area contributed by atoms with Crippen molar-refractivity contribution in [1.29, 1.82) is 0 Å². The molecule has 2 rings (SSSR count). The number of aliphatic carboxylic acids is 1. The van der Waals surface area contributed by atoms with Gasteiger partial charge in [-0.3, -0.25) is 9.36 Å². The van der Waals surface area contributed by atoms with Gasteiger partial charge in [0.25, 0.3) is 0 Å². The number of aryl methyl sites for hydroxylation is 3. The molecule has 0 bridgehead atoms. The minimum absolute atomic E-state index is 0.286. The van der Waals surface area contributed by atoms with Gasteiger partial charge in [-0.1, -0.05) is 23.8 Å². The minimum Gasteiger partial charge on any atom is -0.481 e. The number of hydrogen-bond donors (Lipinski definition) is 2. The van der Waals surface area contributed by atoms with Crippen LogP contribution >= 0.6 is 7.37 Å². The first-order valence-electron chi connectivity index (χ1n) is 9.16. The lowest BCUT2D eigenvalue weighted by atomic mass is 9.93. The summed E-state index contributed by atoms with van der Waals surface area (Å²) in [4.78, 5) is 10.8. The van der Waals surface area contributed by atoms with Crippen molar-refractivity contribution in [3.05, 3.63) is 64.2 Å². The maximum Gasteiger partial charge on any atom is 0.305 e. The highest BCUT2D eigenvalue weighted by atomic mass is 31.2. The molecule has 1 unspecified atom stereocenters. The van der Waals surface area contributed by atoms with Crippen LogP contribution in [-0.4, -0.2) is 35.6 Å². The number of carbonyl (C=O) groups is 1. The van der Waals surface area contributed by atoms with E-state index in [1.807, 2.05) is 26.0 Å². The van der Waals surface area contributed by atoms with Gasteiger partial charge in [-0.2, -0.15) is 0 Å². The summed E-state index contributed by atoms with van der Waals surface area (Å²) >= 11 is 0. The molecule has 5 nitrogen and oxygen atoms in total. The van der Waals surface area contributed by atoms with E-state index in [0.29, 0.717) is 5.56 Å². The fourth-order valence-corrected chi connectivity index (χ4v) is 4.68. The third-order valence-corrected chi connectivity index (χ3v) is 6.80. The van der Waals surface area contributed by atoms with Gasteiger partial charge in [-0.05, 0) is 66.8 Å². The zero-order valence-corrected chi connectivity index (χ0v) is 17.9. The second-order valence-corrected chi connectivity index (χ2v) is 9.65. The molecule has 2 N–H and O–H groups in total. The van der Waals surface area contributed by atoms with Crippen LogP contribution in [0.4, 0.5) is 4.39 Å². The smallest absolute Gasteiger partial charge is 0.305 e. The van der Waals surface area contributed by atoms with Crippen LogP contribution in [0, 0.1) is 26.6 Å². The first-order chi connectivity index (χ1) is 13.5. The first kappa shape index (κ1) is 23.0. The zero-order valence-electron chi connectivity index (χ0n) is 17.0. The van der Waals surface area contributed by atoms with E-state index in [4.69, 9.17) is 9.63 Å². The number of aliphatic hydroxyl groups excluding tert-OH is 1. The van der Waals surface area contributed by atoms with Crippen LogP contribution in [0.2, 0.25) is 0 Å². The number of benzene rings is 2. The molecule has 0 saturated heterocycles. The minimum atomic E-state index is -3.39. The largest absolute Gasteiger partial charge is 0.481 e. The van der Waals surface area contributed by atoms with Gasteiger partial charge >= 0.3 is 5.97 Å². The Morgan fingerprint density at radius 3 is 2.48 bits per heavy atom. The van der Waals surface area contributed by atoms with Gasteiger partial charge in [0, 0.05) is 12.9 Å². The average molecular weight is 420 g/mol. The predicted molar refractivity (Wildman–Crippen MR) is 113 cm³/mol. The van der Waals surface area contributed by atoms with Crippen molar-refractivity contribution in [2.24, 2.45) is 0 Å². The Balaban J connectivity index is 2.46. The molecule has 0 fully saturated rings. The van der Waals surface area contributed by atoms with E-state index >= 15 is 0 Å². The van der Waals surface area contributed by atoms with Gasteiger partial charge in [0.05, 0.1) is 18.7 Å². The molecular weight excluding hydrogens is 394 g/mol. The van der Waals surface area contributed by atoms with E-state index in [-0.39, 0.29) is 12.0 Å². The number of halogens is 1. The normalized spacial score (nSPS) is 14.7. The van der Waals surface area contributed by atoms with Crippen molar-refractivity contribution in [2.75, 3.05) is 13.3 Å². The van der Waals surface area contributed by atoms with E-state index in [1.165, 1.54) is 19.0 Å². The molecule has 0 aliphatic heterocycles. The SMILES string of the molecule is COP(=O)(/C=C\c1c(C)cc(C)cc1-c1ccc(F)c(C)c1)C[C@@H](O)CC(=O)O. The summed E-state index contributed by atoms with van der Waals surface area (Å²) in [6, 6.07) is 8.82. The van der Waals surface area contributed by atoms with Gasteiger partial charge in [0.2, 0.25) is 7.37 Å². The molecule has 2 aromatic rings. The Hall–Kier alpha value is -2.27. The Kier molecular flexibility index (Phi) is 7.53. The van der Waals surface area contributed by atoms with Crippen LogP contribution in [0.25, 0.3) is 17.2 Å². The van der Waals surface area contributed by atoms with E-state index < -0.39 is 25.9 Å². The standard InChI is InChI=1S/C22H26FO5P/c1-14-9-15(2)19(20(10-14)17-5-6-21(23)16(3)11-17)7-8-29(27,28-4)13-18(24)12-22(25)26/h5-11,18,24H,12-13H2,1-4H3,(H,25,26)/b8-7-/t18-,29?/m0/s1. The number of carboxylic acid groups (broad SMARTS) is 1. The summed E-state index contributed by atoms with van der Waals surface area (Å²) in [7, 11) is -2.12. The first-order valence-corrected chi connectivity index (χ1v) is 11.0. The predicted octanol–water partition coefficient (Wildman–Crippen LogP) is 5.15. The van der Waals surface area contributed by atoms with Crippen LogP contribution in [-0.2, 0) is 13.9 Å². The van der Waals surface area contributed by atoms with Gasteiger partial charge in [-0.15, -0.1) is 0 Å². The molecular formula is C22H26FO5P. The van der Waals surface area contributed by atoms with Crippen LogP contribution < -0.4 is 0 Å². The van der Waals surface area contributed by atoms with Gasteiger partial charge in [0.1, 0.15) is 5.82 Å². The van der Waals surface area contributed by atoms with Crippen LogP contribution in [0.5, 0.6) is 0 Å². The third-order valence-electron chi connectivity index (χ3n) is 4.65. The third kappa shape index (κ3) is 6.10. The van der Waals surface area contributed by atoms with Gasteiger partial charge in [-0.25, -0.2) is 4.39 Å². The molecule has 2 aromatic carbocycles. The molecule has 0 radical (unpaired) electrons. The van der Waals surface area contributed by atoms with Crippen LogP contribution in [0.15, 0.2) is 36.1 Å². The summed E-state index contributed by atoms with van der Waals surface area (Å²) < 4.78 is 31.8. The fourth-order valence-electron chi connectivity index (χ4n) is 3.20. The van der Waals surface area contributed by atoms with Crippen molar-refractivity contribution in [1.82, 2.24) is 0 Å². The summed E-state index contributed by atoms with van der Waals surface area (Å²) in [5.41, 5.74) is 4.97. The maximum absolute atomic E-state index is 13.7. The second kappa shape index (κ2) is 9.49. The topological polar surface area (TPSA) is 83.8 Å². The molecule has 0 aromatic heterocycles. The Morgan fingerprint density at radius 1 is 1.21 bits per heavy atom. The van der Waals surface area contributed by atoms with Crippen molar-refractivity contribution in [3.63, 3.8) is 0 Å². The molecule has 7 heteroatoms. The summed E-state index contributed by atoms with van der Waals surface area (Å²) in [5, 5.41) is 18.7. The molecule has 0 aliphatic rings. The van der Waals surface area contributed by atoms with Gasteiger partial charge in [0.15, 0.2) is 0 Å².